The number of carbonyl (C=O) groups excluding carboxylic acids is 1. The van der Waals surface area contributed by atoms with E-state index in [1.54, 1.807) is 22.9 Å². The molecule has 1 unspecified atom stereocenters. The second kappa shape index (κ2) is 8.30. The fourth-order valence-corrected chi connectivity index (χ4v) is 3.62. The lowest BCUT2D eigenvalue weighted by Crippen LogP contribution is -2.44. The molecule has 0 spiro atoms. The van der Waals surface area contributed by atoms with Crippen LogP contribution in [0, 0.1) is 6.92 Å². The minimum atomic E-state index is -5.07. The highest BCUT2D eigenvalue weighted by Crippen LogP contribution is 2.42. The lowest BCUT2D eigenvalue weighted by Gasteiger charge is -2.27. The number of halogens is 3. The number of aromatic nitrogens is 2. The van der Waals surface area contributed by atoms with Crippen LogP contribution in [0.1, 0.15) is 22.7 Å². The zero-order valence-corrected chi connectivity index (χ0v) is 16.2. The lowest BCUT2D eigenvalue weighted by molar-refractivity contribution is -0.267. The van der Waals surface area contributed by atoms with Gasteiger partial charge in [0.15, 0.2) is 0 Å². The van der Waals surface area contributed by atoms with E-state index in [1.807, 2.05) is 30.3 Å². The zero-order chi connectivity index (χ0) is 21.1. The number of hydrogen-bond acceptors (Lipinski definition) is 4. The largest absolute Gasteiger partial charge is 0.424 e. The molecular formula is C20H18F3N3O2S. The Kier molecular flexibility index (Phi) is 5.99. The molecule has 3 rings (SSSR count). The number of aliphatic hydroxyl groups is 1. The molecule has 0 saturated carbocycles. The number of carbonyl (C=O) groups is 1. The first kappa shape index (κ1) is 20.9. The normalized spacial score (nSPS) is 14.6. The van der Waals surface area contributed by atoms with E-state index in [0.29, 0.717) is 23.6 Å². The van der Waals surface area contributed by atoms with Crippen LogP contribution in [0.15, 0.2) is 65.1 Å². The van der Waals surface area contributed by atoms with Crippen molar-refractivity contribution < 1.29 is 23.1 Å². The van der Waals surface area contributed by atoms with E-state index in [9.17, 15) is 23.1 Å². The Balaban J connectivity index is 1.92. The van der Waals surface area contributed by atoms with E-state index in [1.165, 1.54) is 18.4 Å². The predicted molar refractivity (Wildman–Crippen MR) is 102 cm³/mol. The molecule has 0 saturated heterocycles. The van der Waals surface area contributed by atoms with Crippen LogP contribution in [-0.4, -0.2) is 26.7 Å². The van der Waals surface area contributed by atoms with Crippen LogP contribution >= 0.6 is 11.3 Å². The molecule has 0 aliphatic heterocycles. The van der Waals surface area contributed by atoms with Gasteiger partial charge in [0.25, 0.3) is 5.91 Å². The van der Waals surface area contributed by atoms with Crippen molar-refractivity contribution in [1.82, 2.24) is 9.55 Å². The quantitative estimate of drug-likeness (QED) is 0.685. The maximum atomic E-state index is 13.6. The van der Waals surface area contributed by atoms with Crippen molar-refractivity contribution in [2.45, 2.75) is 31.7 Å². The molecule has 0 fully saturated rings. The van der Waals surface area contributed by atoms with Gasteiger partial charge in [0, 0.05) is 23.8 Å². The molecule has 3 aromatic rings. The van der Waals surface area contributed by atoms with Gasteiger partial charge in [0.05, 0.1) is 6.42 Å². The summed E-state index contributed by atoms with van der Waals surface area (Å²) in [6, 6.07) is 14.3. The Morgan fingerprint density at radius 1 is 1.17 bits per heavy atom. The number of amides is 1. The number of nitrogens with zero attached hydrogens (tertiary/aromatic N) is 3. The molecule has 0 bridgehead atoms. The van der Waals surface area contributed by atoms with Crippen LogP contribution in [-0.2, 0) is 16.9 Å². The topological polar surface area (TPSA) is 67.5 Å². The first-order chi connectivity index (χ1) is 13.7. The van der Waals surface area contributed by atoms with Crippen molar-refractivity contribution in [1.29, 1.82) is 0 Å². The third kappa shape index (κ3) is 4.80. The maximum Gasteiger partial charge on any atom is 0.424 e. The van der Waals surface area contributed by atoms with E-state index in [-0.39, 0.29) is 5.49 Å². The van der Waals surface area contributed by atoms with Gasteiger partial charge in [-0.3, -0.25) is 4.79 Å². The summed E-state index contributed by atoms with van der Waals surface area (Å²) in [4.78, 5) is 20.0. The van der Waals surface area contributed by atoms with Gasteiger partial charge in [0.2, 0.25) is 5.60 Å². The predicted octanol–water partition coefficient (Wildman–Crippen LogP) is 3.57. The van der Waals surface area contributed by atoms with Crippen LogP contribution in [0.4, 0.5) is 13.2 Å². The van der Waals surface area contributed by atoms with Crippen molar-refractivity contribution in [3.63, 3.8) is 0 Å². The summed E-state index contributed by atoms with van der Waals surface area (Å²) in [5.41, 5.74) is -1.91. The Hall–Kier alpha value is -2.78. The minimum absolute atomic E-state index is 0.196. The Morgan fingerprint density at radius 2 is 1.86 bits per heavy atom. The lowest BCUT2D eigenvalue weighted by atomic mass is 9.99. The molecule has 1 amide bonds. The molecule has 1 atom stereocenters. The van der Waals surface area contributed by atoms with E-state index in [4.69, 9.17) is 0 Å². The Bertz CT molecular complexity index is 1060. The highest BCUT2D eigenvalue weighted by Gasteiger charge is 2.58. The number of rotatable bonds is 5. The van der Waals surface area contributed by atoms with Crippen LogP contribution in [0.25, 0.3) is 0 Å². The van der Waals surface area contributed by atoms with Gasteiger partial charge in [-0.15, -0.1) is 11.3 Å². The van der Waals surface area contributed by atoms with E-state index >= 15 is 0 Å². The number of alkyl halides is 3. The van der Waals surface area contributed by atoms with E-state index in [0.717, 1.165) is 5.56 Å². The van der Waals surface area contributed by atoms with Gasteiger partial charge in [-0.2, -0.15) is 18.2 Å². The molecule has 0 aliphatic rings. The van der Waals surface area contributed by atoms with Crippen LogP contribution in [0.2, 0.25) is 0 Å². The Labute approximate surface area is 168 Å². The fraction of sp³-hybridized carbons (Fsp3) is 0.250. The molecule has 152 valence electrons. The molecular weight excluding hydrogens is 403 g/mol. The van der Waals surface area contributed by atoms with E-state index in [2.05, 4.69) is 9.98 Å². The first-order valence-electron chi connectivity index (χ1n) is 8.68. The van der Waals surface area contributed by atoms with Crippen molar-refractivity contribution >= 4 is 17.2 Å². The van der Waals surface area contributed by atoms with Gasteiger partial charge in [-0.1, -0.05) is 36.4 Å². The zero-order valence-electron chi connectivity index (χ0n) is 15.4. The summed E-state index contributed by atoms with van der Waals surface area (Å²) in [7, 11) is 0. The van der Waals surface area contributed by atoms with Crippen molar-refractivity contribution in [2.75, 3.05) is 0 Å². The van der Waals surface area contributed by atoms with Gasteiger partial charge in [-0.25, -0.2) is 4.98 Å². The summed E-state index contributed by atoms with van der Waals surface area (Å²) in [6.07, 6.45) is -4.64. The first-order valence-corrected chi connectivity index (χ1v) is 9.56. The average Bonchev–Trinajstić information content (AvgIpc) is 3.10. The molecule has 2 heterocycles. The SMILES string of the molecule is Cc1csc(C(O)(CC(=O)N=c2ccccn2Cc2ccccc2)C(F)(F)F)n1. The van der Waals surface area contributed by atoms with Gasteiger partial charge in [-0.05, 0) is 24.6 Å². The minimum Gasteiger partial charge on any atom is -0.374 e. The number of pyridine rings is 1. The standard InChI is InChI=1S/C20H18F3N3O2S/c1-14-13-29-18(24-14)19(28,20(21,22)23)11-17(27)25-16-9-5-6-10-26(16)12-15-7-3-2-4-8-15/h2-10,13,28H,11-12H2,1H3. The van der Waals surface area contributed by atoms with Crippen LogP contribution in [0.5, 0.6) is 0 Å². The molecule has 0 aliphatic carbocycles. The average molecular weight is 421 g/mol. The van der Waals surface area contributed by atoms with Crippen molar-refractivity contribution in [2.24, 2.45) is 4.99 Å². The molecule has 5 nitrogen and oxygen atoms in total. The fourth-order valence-electron chi connectivity index (χ4n) is 2.71. The summed E-state index contributed by atoms with van der Waals surface area (Å²) >= 11 is 0.656. The van der Waals surface area contributed by atoms with Crippen molar-refractivity contribution in [3.05, 3.63) is 81.9 Å². The number of aryl methyl sites for hydroxylation is 1. The molecule has 1 aromatic carbocycles. The second-order valence-corrected chi connectivity index (χ2v) is 7.36. The van der Waals surface area contributed by atoms with Gasteiger partial charge in [0.1, 0.15) is 10.5 Å². The molecule has 0 radical (unpaired) electrons. The highest BCUT2D eigenvalue weighted by molar-refractivity contribution is 7.09. The summed E-state index contributed by atoms with van der Waals surface area (Å²) in [6.45, 7) is 1.91. The summed E-state index contributed by atoms with van der Waals surface area (Å²) < 4.78 is 42.4. The third-order valence-electron chi connectivity index (χ3n) is 4.20. The van der Waals surface area contributed by atoms with Crippen LogP contribution in [0.3, 0.4) is 0 Å². The monoisotopic (exact) mass is 421 g/mol. The number of benzene rings is 1. The molecule has 1 N–H and O–H groups in total. The van der Waals surface area contributed by atoms with Crippen LogP contribution < -0.4 is 5.49 Å². The highest BCUT2D eigenvalue weighted by atomic mass is 32.1. The number of hydrogen-bond donors (Lipinski definition) is 1. The van der Waals surface area contributed by atoms with E-state index < -0.39 is 29.1 Å². The molecule has 2 aromatic heterocycles. The number of thiazole rings is 1. The second-order valence-electron chi connectivity index (χ2n) is 6.51. The maximum absolute atomic E-state index is 13.6. The molecule has 9 heteroatoms. The summed E-state index contributed by atoms with van der Waals surface area (Å²) in [5.74, 6) is -1.09. The summed E-state index contributed by atoms with van der Waals surface area (Å²) in [5, 5.41) is 11.1. The smallest absolute Gasteiger partial charge is 0.374 e. The Morgan fingerprint density at radius 3 is 2.48 bits per heavy atom. The molecule has 29 heavy (non-hydrogen) atoms. The third-order valence-corrected chi connectivity index (χ3v) is 5.31. The van der Waals surface area contributed by atoms with Gasteiger partial charge < -0.3 is 9.67 Å². The van der Waals surface area contributed by atoms with Crippen molar-refractivity contribution in [3.8, 4) is 0 Å². The van der Waals surface area contributed by atoms with Gasteiger partial charge >= 0.3 is 6.18 Å².